The van der Waals surface area contributed by atoms with E-state index in [1.165, 1.54) is 38.8 Å². The fraction of sp³-hybridized carbons (Fsp3) is 1.00. The highest BCUT2D eigenvalue weighted by molar-refractivity contribution is 4.93. The zero-order valence-corrected chi connectivity index (χ0v) is 13.2. The summed E-state index contributed by atoms with van der Waals surface area (Å²) in [6, 6.07) is 1.31. The van der Waals surface area contributed by atoms with Crippen molar-refractivity contribution >= 4 is 0 Å². The van der Waals surface area contributed by atoms with Crippen molar-refractivity contribution < 1.29 is 5.11 Å². The Morgan fingerprint density at radius 1 is 1.15 bits per heavy atom. The van der Waals surface area contributed by atoms with Crippen LogP contribution in [0.1, 0.15) is 52.4 Å². The van der Waals surface area contributed by atoms with Gasteiger partial charge in [0.2, 0.25) is 0 Å². The first-order valence-electron chi connectivity index (χ1n) is 8.82. The van der Waals surface area contributed by atoms with Gasteiger partial charge in [0.25, 0.3) is 0 Å². The van der Waals surface area contributed by atoms with E-state index in [4.69, 9.17) is 0 Å². The fourth-order valence-electron chi connectivity index (χ4n) is 3.80. The average Bonchev–Trinajstić information content (AvgIpc) is 3.35. The van der Waals surface area contributed by atoms with E-state index in [1.54, 1.807) is 0 Å². The zero-order valence-electron chi connectivity index (χ0n) is 13.2. The van der Waals surface area contributed by atoms with Crippen LogP contribution in [0.15, 0.2) is 0 Å². The predicted octanol–water partition coefficient (Wildman–Crippen LogP) is 2.25. The molecular weight excluding hydrogens is 248 g/mol. The van der Waals surface area contributed by atoms with Crippen molar-refractivity contribution in [2.75, 3.05) is 19.6 Å². The summed E-state index contributed by atoms with van der Waals surface area (Å²) < 4.78 is 0. The standard InChI is InChI=1S/C17H32N2O/c1-3-17(20)15-8-16(18-9-13-4-5-13)11-19(10-15)12(2)14-6-7-14/h12-18,20H,3-11H2,1-2H3. The van der Waals surface area contributed by atoms with Gasteiger partial charge in [-0.3, -0.25) is 4.90 Å². The summed E-state index contributed by atoms with van der Waals surface area (Å²) >= 11 is 0. The van der Waals surface area contributed by atoms with Crippen molar-refractivity contribution in [3.8, 4) is 0 Å². The third-order valence-electron chi connectivity index (χ3n) is 5.75. The van der Waals surface area contributed by atoms with Gasteiger partial charge in [-0.25, -0.2) is 0 Å². The van der Waals surface area contributed by atoms with Gasteiger partial charge in [0.05, 0.1) is 6.10 Å². The van der Waals surface area contributed by atoms with Crippen LogP contribution in [0, 0.1) is 17.8 Å². The van der Waals surface area contributed by atoms with Crippen LogP contribution in [0.3, 0.4) is 0 Å². The first kappa shape index (κ1) is 14.8. The number of hydrogen-bond acceptors (Lipinski definition) is 3. The van der Waals surface area contributed by atoms with E-state index >= 15 is 0 Å². The van der Waals surface area contributed by atoms with Crippen LogP contribution in [0.4, 0.5) is 0 Å². The molecular formula is C17H32N2O. The molecule has 4 atom stereocenters. The van der Waals surface area contributed by atoms with Crippen molar-refractivity contribution in [2.24, 2.45) is 17.8 Å². The lowest BCUT2D eigenvalue weighted by Gasteiger charge is -2.43. The molecule has 4 unspecified atom stereocenters. The Morgan fingerprint density at radius 2 is 1.90 bits per heavy atom. The Hall–Kier alpha value is -0.120. The molecule has 3 rings (SSSR count). The Labute approximate surface area is 124 Å². The molecule has 2 saturated carbocycles. The van der Waals surface area contributed by atoms with Gasteiger partial charge in [0.15, 0.2) is 0 Å². The molecule has 3 fully saturated rings. The average molecular weight is 280 g/mol. The maximum atomic E-state index is 10.3. The van der Waals surface area contributed by atoms with E-state index in [0.29, 0.717) is 18.0 Å². The molecule has 3 aliphatic rings. The van der Waals surface area contributed by atoms with Crippen molar-refractivity contribution in [1.29, 1.82) is 0 Å². The van der Waals surface area contributed by atoms with Gasteiger partial charge in [-0.1, -0.05) is 6.92 Å². The zero-order chi connectivity index (χ0) is 14.1. The molecule has 0 aromatic heterocycles. The molecule has 116 valence electrons. The Bertz CT molecular complexity index is 314. The predicted molar refractivity (Wildman–Crippen MR) is 82.7 cm³/mol. The smallest absolute Gasteiger partial charge is 0.0578 e. The minimum absolute atomic E-state index is 0.116. The highest BCUT2D eigenvalue weighted by atomic mass is 16.3. The number of aliphatic hydroxyl groups excluding tert-OH is 1. The van der Waals surface area contributed by atoms with E-state index in [9.17, 15) is 5.11 Å². The number of piperidine rings is 1. The van der Waals surface area contributed by atoms with E-state index in [2.05, 4.69) is 24.1 Å². The number of aliphatic hydroxyl groups is 1. The Kier molecular flexibility index (Phi) is 4.68. The molecule has 0 bridgehead atoms. The molecule has 0 aromatic carbocycles. The summed E-state index contributed by atoms with van der Waals surface area (Å²) in [4.78, 5) is 2.66. The van der Waals surface area contributed by atoms with Gasteiger partial charge in [0, 0.05) is 25.2 Å². The third-order valence-corrected chi connectivity index (χ3v) is 5.75. The molecule has 3 heteroatoms. The SMILES string of the molecule is CCC(O)C1CC(NCC2CC2)CN(C(C)C2CC2)C1. The second-order valence-electron chi connectivity index (χ2n) is 7.55. The number of rotatable bonds is 7. The minimum Gasteiger partial charge on any atom is -0.393 e. The number of nitrogens with one attached hydrogen (secondary N) is 1. The summed E-state index contributed by atoms with van der Waals surface area (Å²) in [6.07, 6.45) is 7.61. The molecule has 3 nitrogen and oxygen atoms in total. The van der Waals surface area contributed by atoms with Crippen LogP contribution in [0.5, 0.6) is 0 Å². The molecule has 0 amide bonds. The van der Waals surface area contributed by atoms with Gasteiger partial charge >= 0.3 is 0 Å². The summed E-state index contributed by atoms with van der Waals surface area (Å²) in [7, 11) is 0. The Morgan fingerprint density at radius 3 is 2.50 bits per heavy atom. The first-order chi connectivity index (χ1) is 9.67. The molecule has 0 radical (unpaired) electrons. The van der Waals surface area contributed by atoms with Gasteiger partial charge < -0.3 is 10.4 Å². The molecule has 20 heavy (non-hydrogen) atoms. The minimum atomic E-state index is -0.116. The van der Waals surface area contributed by atoms with Gasteiger partial charge in [0.1, 0.15) is 0 Å². The molecule has 2 aliphatic carbocycles. The van der Waals surface area contributed by atoms with Crippen molar-refractivity contribution in [1.82, 2.24) is 10.2 Å². The van der Waals surface area contributed by atoms with Gasteiger partial charge in [-0.15, -0.1) is 0 Å². The number of nitrogens with zero attached hydrogens (tertiary/aromatic N) is 1. The van der Waals surface area contributed by atoms with E-state index in [0.717, 1.165) is 31.2 Å². The summed E-state index contributed by atoms with van der Waals surface area (Å²) in [5, 5.41) is 14.1. The normalized spacial score (nSPS) is 35.0. The second-order valence-corrected chi connectivity index (χ2v) is 7.55. The molecule has 1 aliphatic heterocycles. The number of likely N-dealkylation sites (tertiary alicyclic amines) is 1. The topological polar surface area (TPSA) is 35.5 Å². The van der Waals surface area contributed by atoms with Crippen molar-refractivity contribution in [3.63, 3.8) is 0 Å². The first-order valence-corrected chi connectivity index (χ1v) is 8.82. The van der Waals surface area contributed by atoms with Crippen LogP contribution in [0.25, 0.3) is 0 Å². The number of hydrogen-bond donors (Lipinski definition) is 2. The molecule has 2 N–H and O–H groups in total. The maximum absolute atomic E-state index is 10.3. The Balaban J connectivity index is 1.57. The van der Waals surface area contributed by atoms with Gasteiger partial charge in [-0.05, 0) is 69.7 Å². The lowest BCUT2D eigenvalue weighted by molar-refractivity contribution is 0.0180. The van der Waals surface area contributed by atoms with Crippen LogP contribution in [-0.4, -0.2) is 47.8 Å². The van der Waals surface area contributed by atoms with Crippen LogP contribution in [-0.2, 0) is 0 Å². The third kappa shape index (κ3) is 3.75. The molecule has 0 spiro atoms. The van der Waals surface area contributed by atoms with E-state index < -0.39 is 0 Å². The monoisotopic (exact) mass is 280 g/mol. The van der Waals surface area contributed by atoms with Crippen molar-refractivity contribution in [3.05, 3.63) is 0 Å². The largest absolute Gasteiger partial charge is 0.393 e. The lowest BCUT2D eigenvalue weighted by Crippen LogP contribution is -2.54. The lowest BCUT2D eigenvalue weighted by atomic mass is 9.87. The maximum Gasteiger partial charge on any atom is 0.0578 e. The van der Waals surface area contributed by atoms with E-state index in [-0.39, 0.29) is 6.10 Å². The second kappa shape index (κ2) is 6.33. The molecule has 1 saturated heterocycles. The quantitative estimate of drug-likeness (QED) is 0.751. The highest BCUT2D eigenvalue weighted by Gasteiger charge is 2.38. The summed E-state index contributed by atoms with van der Waals surface area (Å²) in [5.41, 5.74) is 0. The fourth-order valence-corrected chi connectivity index (χ4v) is 3.80. The summed E-state index contributed by atoms with van der Waals surface area (Å²) in [6.45, 7) is 8.01. The van der Waals surface area contributed by atoms with Gasteiger partial charge in [-0.2, -0.15) is 0 Å². The van der Waals surface area contributed by atoms with Crippen LogP contribution in [0.2, 0.25) is 0 Å². The van der Waals surface area contributed by atoms with E-state index in [1.807, 2.05) is 0 Å². The molecule has 0 aromatic rings. The highest BCUT2D eigenvalue weighted by Crippen LogP contribution is 2.37. The van der Waals surface area contributed by atoms with Crippen LogP contribution < -0.4 is 5.32 Å². The van der Waals surface area contributed by atoms with Crippen LogP contribution >= 0.6 is 0 Å². The van der Waals surface area contributed by atoms with Crippen molar-refractivity contribution in [2.45, 2.75) is 70.6 Å². The molecule has 1 heterocycles. The summed E-state index contributed by atoms with van der Waals surface area (Å²) in [5.74, 6) is 2.34.